The van der Waals surface area contributed by atoms with E-state index < -0.39 is 10.0 Å². The number of alkyl halides is 1. The molecule has 0 atom stereocenters. The van der Waals surface area contributed by atoms with Crippen molar-refractivity contribution in [1.29, 1.82) is 0 Å². The maximum atomic E-state index is 12.4. The minimum Gasteiger partial charge on any atom is -0.271 e. The Bertz CT molecular complexity index is 560. The fourth-order valence-corrected chi connectivity index (χ4v) is 4.59. The van der Waals surface area contributed by atoms with Gasteiger partial charge in [-0.15, -0.1) is 11.6 Å². The first-order chi connectivity index (χ1) is 8.81. The van der Waals surface area contributed by atoms with Crippen LogP contribution in [0.15, 0.2) is 4.90 Å². The zero-order chi connectivity index (χ0) is 14.2. The van der Waals surface area contributed by atoms with Gasteiger partial charge in [-0.3, -0.25) is 4.68 Å². The predicted molar refractivity (Wildman–Crippen MR) is 74.9 cm³/mol. The summed E-state index contributed by atoms with van der Waals surface area (Å²) in [4.78, 5) is 0.308. The van der Waals surface area contributed by atoms with Gasteiger partial charge in [-0.2, -0.15) is 5.10 Å². The first-order valence-electron chi connectivity index (χ1n) is 6.48. The lowest BCUT2D eigenvalue weighted by molar-refractivity contribution is 0.416. The summed E-state index contributed by atoms with van der Waals surface area (Å²) in [7, 11) is -1.74. The number of rotatable bonds is 3. The van der Waals surface area contributed by atoms with Crippen LogP contribution >= 0.6 is 11.6 Å². The highest BCUT2D eigenvalue weighted by Gasteiger charge is 2.28. The van der Waals surface area contributed by atoms with E-state index in [2.05, 4.69) is 9.82 Å². The molecule has 0 radical (unpaired) electrons. The summed E-state index contributed by atoms with van der Waals surface area (Å²) in [6.07, 6.45) is 3.32. The summed E-state index contributed by atoms with van der Waals surface area (Å²) in [6, 6.07) is -0.0148. The van der Waals surface area contributed by atoms with Gasteiger partial charge in [0.15, 0.2) is 0 Å². The third-order valence-corrected chi connectivity index (χ3v) is 5.90. The van der Waals surface area contributed by atoms with Crippen molar-refractivity contribution < 1.29 is 8.42 Å². The fraction of sp³-hybridized carbons (Fsp3) is 0.750. The van der Waals surface area contributed by atoms with E-state index in [-0.39, 0.29) is 11.4 Å². The molecule has 1 heterocycles. The molecule has 0 unspecified atom stereocenters. The molecule has 2 rings (SSSR count). The summed E-state index contributed by atoms with van der Waals surface area (Å²) in [5.41, 5.74) is 1.20. The molecular weight excluding hydrogens is 286 g/mol. The zero-order valence-corrected chi connectivity index (χ0v) is 13.1. The number of aryl methyl sites for hydroxylation is 2. The number of aromatic nitrogens is 2. The fourth-order valence-electron chi connectivity index (χ4n) is 2.59. The molecule has 1 saturated carbocycles. The Kier molecular flexibility index (Phi) is 4.23. The molecule has 1 aromatic rings. The molecule has 19 heavy (non-hydrogen) atoms. The van der Waals surface area contributed by atoms with Crippen LogP contribution in [0.4, 0.5) is 0 Å². The molecule has 7 heteroatoms. The third kappa shape index (κ3) is 3.12. The number of hydrogen-bond acceptors (Lipinski definition) is 3. The van der Waals surface area contributed by atoms with E-state index in [0.29, 0.717) is 16.3 Å². The second-order valence-electron chi connectivity index (χ2n) is 5.19. The van der Waals surface area contributed by atoms with Crippen molar-refractivity contribution >= 4 is 21.6 Å². The zero-order valence-electron chi connectivity index (χ0n) is 11.5. The van der Waals surface area contributed by atoms with Crippen LogP contribution in [-0.4, -0.2) is 29.6 Å². The van der Waals surface area contributed by atoms with E-state index in [1.165, 1.54) is 0 Å². The highest BCUT2D eigenvalue weighted by molar-refractivity contribution is 7.89. The molecule has 0 spiro atoms. The molecule has 1 aliphatic rings. The first kappa shape index (κ1) is 14.8. The molecule has 0 aromatic carbocycles. The monoisotopic (exact) mass is 305 g/mol. The molecule has 0 aliphatic heterocycles. The SMILES string of the molecule is Cc1nn(C)c(C)c1S(=O)(=O)NC1CCC(Cl)CC1. The lowest BCUT2D eigenvalue weighted by Crippen LogP contribution is -2.38. The quantitative estimate of drug-likeness (QED) is 0.867. The van der Waals surface area contributed by atoms with Crippen LogP contribution in [0.25, 0.3) is 0 Å². The highest BCUT2D eigenvalue weighted by Crippen LogP contribution is 2.25. The average Bonchev–Trinajstić information content (AvgIpc) is 2.56. The Balaban J connectivity index is 2.19. The molecule has 108 valence electrons. The highest BCUT2D eigenvalue weighted by atomic mass is 35.5. The third-order valence-electron chi connectivity index (χ3n) is 3.69. The molecular formula is C12H20ClN3O2S. The average molecular weight is 306 g/mol. The van der Waals surface area contributed by atoms with Gasteiger partial charge in [0.25, 0.3) is 0 Å². The topological polar surface area (TPSA) is 64.0 Å². The van der Waals surface area contributed by atoms with E-state index in [4.69, 9.17) is 11.6 Å². The number of hydrogen-bond donors (Lipinski definition) is 1. The van der Waals surface area contributed by atoms with E-state index in [1.807, 2.05) is 0 Å². The Morgan fingerprint density at radius 2 is 1.84 bits per heavy atom. The smallest absolute Gasteiger partial charge is 0.244 e. The van der Waals surface area contributed by atoms with Gasteiger partial charge in [0.2, 0.25) is 10.0 Å². The Hall–Kier alpha value is -0.590. The van der Waals surface area contributed by atoms with Gasteiger partial charge >= 0.3 is 0 Å². The molecule has 1 fully saturated rings. The summed E-state index contributed by atoms with van der Waals surface area (Å²) >= 11 is 6.03. The van der Waals surface area contributed by atoms with Crippen LogP contribution < -0.4 is 4.72 Å². The van der Waals surface area contributed by atoms with Crippen molar-refractivity contribution in [3.63, 3.8) is 0 Å². The van der Waals surface area contributed by atoms with Crippen LogP contribution in [0, 0.1) is 13.8 Å². The number of halogens is 1. The van der Waals surface area contributed by atoms with Gasteiger partial charge in [0, 0.05) is 18.5 Å². The Morgan fingerprint density at radius 1 is 1.26 bits per heavy atom. The summed E-state index contributed by atoms with van der Waals surface area (Å²) in [5, 5.41) is 4.34. The van der Waals surface area contributed by atoms with Gasteiger partial charge in [-0.25, -0.2) is 13.1 Å². The van der Waals surface area contributed by atoms with Crippen LogP contribution in [0.3, 0.4) is 0 Å². The molecule has 0 bridgehead atoms. The van der Waals surface area contributed by atoms with Crippen molar-refractivity contribution in [2.45, 2.75) is 55.8 Å². The molecule has 0 amide bonds. The lowest BCUT2D eigenvalue weighted by Gasteiger charge is -2.25. The van der Waals surface area contributed by atoms with Crippen molar-refractivity contribution in [1.82, 2.24) is 14.5 Å². The molecule has 1 aliphatic carbocycles. The number of nitrogens with one attached hydrogen (secondary N) is 1. The van der Waals surface area contributed by atoms with E-state index in [1.54, 1.807) is 25.6 Å². The second-order valence-corrected chi connectivity index (χ2v) is 7.46. The van der Waals surface area contributed by atoms with E-state index in [9.17, 15) is 8.42 Å². The Labute approximate surface area is 119 Å². The van der Waals surface area contributed by atoms with Crippen molar-refractivity contribution in [2.75, 3.05) is 0 Å². The van der Waals surface area contributed by atoms with E-state index >= 15 is 0 Å². The van der Waals surface area contributed by atoms with Gasteiger partial charge in [0.05, 0.1) is 11.4 Å². The normalized spacial score (nSPS) is 24.6. The van der Waals surface area contributed by atoms with Crippen molar-refractivity contribution in [3.8, 4) is 0 Å². The maximum absolute atomic E-state index is 12.4. The molecule has 5 nitrogen and oxygen atoms in total. The van der Waals surface area contributed by atoms with Crippen molar-refractivity contribution in [3.05, 3.63) is 11.4 Å². The molecule has 0 saturated heterocycles. The number of sulfonamides is 1. The molecule has 1 aromatic heterocycles. The van der Waals surface area contributed by atoms with Crippen LogP contribution in [-0.2, 0) is 17.1 Å². The van der Waals surface area contributed by atoms with Gasteiger partial charge in [-0.05, 0) is 39.5 Å². The Morgan fingerprint density at radius 3 is 2.32 bits per heavy atom. The standard InChI is InChI=1S/C12H20ClN3O2S/c1-8-12(9(2)16(3)14-8)19(17,18)15-11-6-4-10(13)5-7-11/h10-11,15H,4-7H2,1-3H3. The summed E-state index contributed by atoms with van der Waals surface area (Å²) < 4.78 is 29.3. The largest absolute Gasteiger partial charge is 0.271 e. The van der Waals surface area contributed by atoms with E-state index in [0.717, 1.165) is 25.7 Å². The van der Waals surface area contributed by atoms with Crippen LogP contribution in [0.1, 0.15) is 37.1 Å². The lowest BCUT2D eigenvalue weighted by atomic mass is 9.96. The van der Waals surface area contributed by atoms with Gasteiger partial charge < -0.3 is 0 Å². The van der Waals surface area contributed by atoms with Gasteiger partial charge in [-0.1, -0.05) is 0 Å². The summed E-state index contributed by atoms with van der Waals surface area (Å²) in [6.45, 7) is 3.49. The van der Waals surface area contributed by atoms with Crippen molar-refractivity contribution in [2.24, 2.45) is 7.05 Å². The minimum absolute atomic E-state index is 0.0148. The predicted octanol–water partition coefficient (Wildman–Crippen LogP) is 1.87. The van der Waals surface area contributed by atoms with Crippen LogP contribution in [0.5, 0.6) is 0 Å². The minimum atomic E-state index is -3.49. The van der Waals surface area contributed by atoms with Crippen LogP contribution in [0.2, 0.25) is 0 Å². The first-order valence-corrected chi connectivity index (χ1v) is 8.40. The molecule has 1 N–H and O–H groups in total. The number of nitrogens with zero attached hydrogens (tertiary/aromatic N) is 2. The second kappa shape index (κ2) is 5.42. The van der Waals surface area contributed by atoms with Gasteiger partial charge in [0.1, 0.15) is 4.90 Å². The summed E-state index contributed by atoms with van der Waals surface area (Å²) in [5.74, 6) is 0. The maximum Gasteiger partial charge on any atom is 0.244 e.